The first-order chi connectivity index (χ1) is 20.7. The van der Waals surface area contributed by atoms with Crippen LogP contribution in [0, 0.1) is 0 Å². The Hall–Kier alpha value is -5.02. The van der Waals surface area contributed by atoms with Crippen LogP contribution < -0.4 is 15.8 Å². The normalized spacial score (nSPS) is 15.4. The summed E-state index contributed by atoms with van der Waals surface area (Å²) in [4.78, 5) is 41.4. The zero-order valence-electron chi connectivity index (χ0n) is 22.7. The average molecular weight is 630 g/mol. The standard InChI is InChI=1S/C27H25N5O4S.C2HF3O2/c28-20(14-17-6-2-1-3-7-17)27(34)31-23(26-29-21-8-4-5-9-22(21)30-26)15-18-10-12-19(13-11-18)24-16-25(33)32-37(24,35)36;3-2(4,5)1(6)7/h1-13,16,20,23H,14-15,28H2,(H,29,30)(H,31,34)(H,32,33);(H,6,7)/t20-,23?;/m0./s1. The van der Waals surface area contributed by atoms with Crippen molar-refractivity contribution in [3.63, 3.8) is 0 Å². The molecule has 2 heterocycles. The zero-order valence-corrected chi connectivity index (χ0v) is 23.5. The number of hydrogen-bond acceptors (Lipinski definition) is 7. The molecule has 0 radical (unpaired) electrons. The first kappa shape index (κ1) is 31.9. The van der Waals surface area contributed by atoms with Gasteiger partial charge >= 0.3 is 12.1 Å². The van der Waals surface area contributed by atoms with E-state index in [0.717, 1.165) is 28.2 Å². The lowest BCUT2D eigenvalue weighted by molar-refractivity contribution is -0.192. The minimum absolute atomic E-state index is 0.0712. The van der Waals surface area contributed by atoms with Gasteiger partial charge in [-0.25, -0.2) is 22.9 Å². The maximum atomic E-state index is 13.1. The number of aromatic nitrogens is 2. The highest BCUT2D eigenvalue weighted by Crippen LogP contribution is 2.26. The number of carbonyl (C=O) groups is 3. The Morgan fingerprint density at radius 1 is 0.932 bits per heavy atom. The highest BCUT2D eigenvalue weighted by molar-refractivity contribution is 7.99. The van der Waals surface area contributed by atoms with E-state index in [1.54, 1.807) is 24.3 Å². The molecular formula is C29H26F3N5O6S. The summed E-state index contributed by atoms with van der Waals surface area (Å²) in [6.45, 7) is 0. The number of imidazole rings is 1. The topological polar surface area (TPSA) is 184 Å². The fraction of sp³-hybridized carbons (Fsp3) is 0.172. The van der Waals surface area contributed by atoms with E-state index < -0.39 is 40.2 Å². The van der Waals surface area contributed by atoms with Gasteiger partial charge in [-0.1, -0.05) is 66.7 Å². The van der Waals surface area contributed by atoms with Crippen molar-refractivity contribution in [1.29, 1.82) is 0 Å². The largest absolute Gasteiger partial charge is 0.490 e. The molecule has 0 bridgehead atoms. The van der Waals surface area contributed by atoms with Crippen LogP contribution in [0.3, 0.4) is 0 Å². The number of nitrogens with two attached hydrogens (primary N) is 1. The van der Waals surface area contributed by atoms with E-state index in [4.69, 9.17) is 15.6 Å². The Labute approximate surface area is 249 Å². The molecule has 0 fully saturated rings. The van der Waals surface area contributed by atoms with Crippen LogP contribution in [0.1, 0.15) is 28.6 Å². The molecule has 0 spiro atoms. The number of H-pyrrole nitrogens is 1. The van der Waals surface area contributed by atoms with Gasteiger partial charge in [0.15, 0.2) is 0 Å². The third-order valence-electron chi connectivity index (χ3n) is 6.40. The molecule has 11 nitrogen and oxygen atoms in total. The lowest BCUT2D eigenvalue weighted by Crippen LogP contribution is -2.44. The Morgan fingerprint density at radius 3 is 2.09 bits per heavy atom. The number of nitrogens with zero attached hydrogens (tertiary/aromatic N) is 1. The number of rotatable bonds is 8. The van der Waals surface area contributed by atoms with Gasteiger partial charge in [0.2, 0.25) is 5.91 Å². The summed E-state index contributed by atoms with van der Waals surface area (Å²) in [5.74, 6) is -3.15. The lowest BCUT2D eigenvalue weighted by atomic mass is 10.0. The van der Waals surface area contributed by atoms with Gasteiger partial charge in [0.1, 0.15) is 10.7 Å². The van der Waals surface area contributed by atoms with Crippen molar-refractivity contribution in [2.75, 3.05) is 0 Å². The number of para-hydroxylation sites is 2. The smallest absolute Gasteiger partial charge is 0.475 e. The molecule has 3 aromatic carbocycles. The zero-order chi connectivity index (χ0) is 32.1. The molecule has 0 saturated heterocycles. The van der Waals surface area contributed by atoms with Crippen molar-refractivity contribution in [2.24, 2.45) is 5.73 Å². The van der Waals surface area contributed by atoms with Crippen LogP contribution in [0.4, 0.5) is 13.2 Å². The summed E-state index contributed by atoms with van der Waals surface area (Å²) in [5, 5.41) is 10.2. The highest BCUT2D eigenvalue weighted by atomic mass is 32.2. The molecule has 4 aromatic rings. The van der Waals surface area contributed by atoms with Gasteiger partial charge in [-0.05, 0) is 41.7 Å². The predicted molar refractivity (Wildman–Crippen MR) is 154 cm³/mol. The van der Waals surface area contributed by atoms with Crippen LogP contribution in [0.5, 0.6) is 0 Å². The summed E-state index contributed by atoms with van der Waals surface area (Å²) < 4.78 is 58.0. The quantitative estimate of drug-likeness (QED) is 0.197. The Balaban J connectivity index is 0.000000566. The number of alkyl halides is 3. The van der Waals surface area contributed by atoms with E-state index in [-0.39, 0.29) is 10.8 Å². The summed E-state index contributed by atoms with van der Waals surface area (Å²) in [6.07, 6.45) is -3.24. The van der Waals surface area contributed by atoms with E-state index in [2.05, 4.69) is 15.3 Å². The number of nitrogens with one attached hydrogen (secondary N) is 3. The summed E-state index contributed by atoms with van der Waals surface area (Å²) in [6, 6.07) is 22.7. The van der Waals surface area contributed by atoms with Crippen molar-refractivity contribution in [1.82, 2.24) is 20.0 Å². The number of carboxylic acids is 1. The predicted octanol–water partition coefficient (Wildman–Crippen LogP) is 2.97. The summed E-state index contributed by atoms with van der Waals surface area (Å²) in [7, 11) is -3.86. The Kier molecular flexibility index (Phi) is 9.50. The fourth-order valence-electron chi connectivity index (χ4n) is 4.29. The lowest BCUT2D eigenvalue weighted by Gasteiger charge is -2.20. The minimum atomic E-state index is -5.08. The van der Waals surface area contributed by atoms with Gasteiger partial charge < -0.3 is 21.1 Å². The van der Waals surface area contributed by atoms with Gasteiger partial charge in [-0.15, -0.1) is 0 Å². The first-order valence-corrected chi connectivity index (χ1v) is 14.4. The molecule has 230 valence electrons. The van der Waals surface area contributed by atoms with Crippen LogP contribution in [0.2, 0.25) is 0 Å². The average Bonchev–Trinajstić information content (AvgIpc) is 3.52. The van der Waals surface area contributed by atoms with Gasteiger partial charge in [0.25, 0.3) is 15.9 Å². The maximum absolute atomic E-state index is 13.1. The number of sulfonamides is 1. The molecule has 1 aliphatic rings. The molecule has 1 aromatic heterocycles. The molecule has 5 rings (SSSR count). The molecule has 2 atom stereocenters. The number of benzene rings is 3. The number of aromatic amines is 1. The second kappa shape index (κ2) is 13.1. The van der Waals surface area contributed by atoms with E-state index in [0.29, 0.717) is 24.2 Å². The van der Waals surface area contributed by atoms with Gasteiger partial charge in [-0.2, -0.15) is 13.2 Å². The molecule has 44 heavy (non-hydrogen) atoms. The van der Waals surface area contributed by atoms with E-state index in [1.165, 1.54) is 0 Å². The number of fused-ring (bicyclic) bond motifs is 1. The number of carbonyl (C=O) groups excluding carboxylic acids is 2. The molecule has 1 unspecified atom stereocenters. The molecule has 0 aliphatic carbocycles. The van der Waals surface area contributed by atoms with Gasteiger partial charge in [0.05, 0.1) is 23.1 Å². The van der Waals surface area contributed by atoms with E-state index in [9.17, 15) is 31.2 Å². The molecule has 2 amide bonds. The third-order valence-corrected chi connectivity index (χ3v) is 7.80. The van der Waals surface area contributed by atoms with Crippen LogP contribution in [-0.4, -0.2) is 53.5 Å². The third kappa shape index (κ3) is 8.08. The monoisotopic (exact) mass is 629 g/mol. The number of halogens is 3. The van der Waals surface area contributed by atoms with E-state index >= 15 is 0 Å². The second-order valence-corrected chi connectivity index (χ2v) is 11.3. The van der Waals surface area contributed by atoms with Crippen LogP contribution in [0.25, 0.3) is 15.9 Å². The number of carboxylic acid groups (broad SMARTS) is 1. The van der Waals surface area contributed by atoms with Gasteiger partial charge in [0, 0.05) is 6.08 Å². The minimum Gasteiger partial charge on any atom is -0.475 e. The Morgan fingerprint density at radius 2 is 1.52 bits per heavy atom. The van der Waals surface area contributed by atoms with Crippen molar-refractivity contribution >= 4 is 43.7 Å². The highest BCUT2D eigenvalue weighted by Gasteiger charge is 2.38. The first-order valence-electron chi connectivity index (χ1n) is 13.0. The van der Waals surface area contributed by atoms with Crippen LogP contribution >= 0.6 is 0 Å². The summed E-state index contributed by atoms with van der Waals surface area (Å²) >= 11 is 0. The van der Waals surface area contributed by atoms with Crippen molar-refractivity contribution in [2.45, 2.75) is 31.1 Å². The molecule has 1 aliphatic heterocycles. The Bertz CT molecular complexity index is 1770. The van der Waals surface area contributed by atoms with Crippen molar-refractivity contribution < 1.29 is 41.1 Å². The molecule has 15 heteroatoms. The number of amides is 2. The summed E-state index contributed by atoms with van der Waals surface area (Å²) in [5.41, 5.74) is 10.0. The molecule has 0 saturated carbocycles. The number of hydrogen-bond donors (Lipinski definition) is 5. The maximum Gasteiger partial charge on any atom is 0.490 e. The van der Waals surface area contributed by atoms with Crippen molar-refractivity contribution in [3.8, 4) is 0 Å². The van der Waals surface area contributed by atoms with Crippen LogP contribution in [0.15, 0.2) is 84.9 Å². The molecular weight excluding hydrogens is 603 g/mol. The fourth-order valence-corrected chi connectivity index (χ4v) is 5.43. The van der Waals surface area contributed by atoms with Crippen LogP contribution in [-0.2, 0) is 37.2 Å². The molecule has 6 N–H and O–H groups in total. The van der Waals surface area contributed by atoms with Crippen molar-refractivity contribution in [3.05, 3.63) is 107 Å². The van der Waals surface area contributed by atoms with Gasteiger partial charge in [-0.3, -0.25) is 9.59 Å². The van der Waals surface area contributed by atoms with E-state index in [1.807, 2.05) is 59.3 Å². The number of aliphatic carboxylic acids is 1. The SMILES string of the molecule is N[C@@H](Cc1ccccc1)C(=O)NC(Cc1ccc(C2=CC(=O)NS2(=O)=O)cc1)c1nc2ccccc2[nH]1.O=C(O)C(F)(F)F. The second-order valence-electron chi connectivity index (χ2n) is 9.68.